The Hall–Kier alpha value is -0.0400. The van der Waals surface area contributed by atoms with Gasteiger partial charge in [0.25, 0.3) is 0 Å². The summed E-state index contributed by atoms with van der Waals surface area (Å²) in [5, 5.41) is 3.70. The Bertz CT molecular complexity index is 133. The zero-order valence-corrected chi connectivity index (χ0v) is 12.0. The predicted octanol–water partition coefficient (Wildman–Crippen LogP) is 4.76. The Morgan fingerprint density at radius 2 is 1.50 bits per heavy atom. The van der Waals surface area contributed by atoms with Crippen LogP contribution in [0.5, 0.6) is 0 Å². The van der Waals surface area contributed by atoms with Gasteiger partial charge >= 0.3 is 0 Å². The first-order valence-corrected chi connectivity index (χ1v) is 7.53. The van der Waals surface area contributed by atoms with Crippen molar-refractivity contribution >= 4 is 0 Å². The smallest absolute Gasteiger partial charge is 0.00951 e. The van der Waals surface area contributed by atoms with Gasteiger partial charge in [-0.15, -0.1) is 0 Å². The molecule has 1 heteroatoms. The lowest BCUT2D eigenvalue weighted by atomic mass is 9.88. The minimum absolute atomic E-state index is 0.771. The average Bonchev–Trinajstić information content (AvgIpc) is 2.30. The Balaban J connectivity index is 4.00. The largest absolute Gasteiger partial charge is 0.314 e. The van der Waals surface area contributed by atoms with E-state index in [1.165, 1.54) is 51.4 Å². The summed E-state index contributed by atoms with van der Waals surface area (Å²) in [6, 6.07) is 0.771. The molecule has 1 N–H and O–H groups in total. The van der Waals surface area contributed by atoms with E-state index in [4.69, 9.17) is 0 Å². The first-order valence-electron chi connectivity index (χ1n) is 7.53. The molecule has 0 spiro atoms. The lowest BCUT2D eigenvalue weighted by Crippen LogP contribution is -2.36. The Morgan fingerprint density at radius 3 is 2.00 bits per heavy atom. The van der Waals surface area contributed by atoms with E-state index in [2.05, 4.69) is 33.0 Å². The second-order valence-electron chi connectivity index (χ2n) is 4.97. The molecule has 98 valence electrons. The number of hydrogen-bond acceptors (Lipinski definition) is 1. The van der Waals surface area contributed by atoms with Crippen LogP contribution in [0.15, 0.2) is 0 Å². The molecule has 0 aromatic carbocycles. The highest BCUT2D eigenvalue weighted by Crippen LogP contribution is 2.21. The molecule has 0 aromatic rings. The minimum Gasteiger partial charge on any atom is -0.314 e. The number of hydrogen-bond donors (Lipinski definition) is 1. The third-order valence-corrected chi connectivity index (χ3v) is 3.61. The molecule has 0 saturated carbocycles. The molecule has 0 fully saturated rings. The standard InChI is InChI=1S/C15H33N/c1-5-9-11-13-15(16-8-4)14(7-3)12-10-6-2/h14-16H,5-13H2,1-4H3. The maximum Gasteiger partial charge on any atom is 0.00951 e. The van der Waals surface area contributed by atoms with Crippen molar-refractivity contribution in [3.63, 3.8) is 0 Å². The summed E-state index contributed by atoms with van der Waals surface area (Å²) in [6.45, 7) is 10.3. The summed E-state index contributed by atoms with van der Waals surface area (Å²) >= 11 is 0. The van der Waals surface area contributed by atoms with E-state index in [0.29, 0.717) is 0 Å². The van der Waals surface area contributed by atoms with Crippen molar-refractivity contribution in [2.75, 3.05) is 6.54 Å². The monoisotopic (exact) mass is 227 g/mol. The molecule has 0 aliphatic heterocycles. The molecule has 0 rings (SSSR count). The predicted molar refractivity (Wildman–Crippen MR) is 74.9 cm³/mol. The second-order valence-corrected chi connectivity index (χ2v) is 4.97. The van der Waals surface area contributed by atoms with E-state index < -0.39 is 0 Å². The molecule has 0 saturated heterocycles. The number of nitrogens with one attached hydrogen (secondary N) is 1. The third-order valence-electron chi connectivity index (χ3n) is 3.61. The maximum atomic E-state index is 3.70. The van der Waals surface area contributed by atoms with Crippen molar-refractivity contribution in [2.24, 2.45) is 5.92 Å². The molecule has 16 heavy (non-hydrogen) atoms. The lowest BCUT2D eigenvalue weighted by Gasteiger charge is -2.27. The van der Waals surface area contributed by atoms with E-state index in [0.717, 1.165) is 18.5 Å². The molecular weight excluding hydrogens is 194 g/mol. The highest BCUT2D eigenvalue weighted by atomic mass is 14.9. The summed E-state index contributed by atoms with van der Waals surface area (Å²) in [4.78, 5) is 0. The first kappa shape index (κ1) is 16.0. The van der Waals surface area contributed by atoms with Crippen LogP contribution in [0.2, 0.25) is 0 Å². The van der Waals surface area contributed by atoms with Gasteiger partial charge in [0.05, 0.1) is 0 Å². The molecule has 0 aromatic heterocycles. The maximum absolute atomic E-state index is 3.70. The van der Waals surface area contributed by atoms with Crippen LogP contribution in [0.25, 0.3) is 0 Å². The second kappa shape index (κ2) is 11.4. The van der Waals surface area contributed by atoms with Gasteiger partial charge in [-0.1, -0.05) is 66.2 Å². The van der Waals surface area contributed by atoms with Crippen LogP contribution in [0.1, 0.15) is 79.1 Å². The van der Waals surface area contributed by atoms with Gasteiger partial charge in [-0.25, -0.2) is 0 Å². The fraction of sp³-hybridized carbons (Fsp3) is 1.00. The Labute approximate surface area is 103 Å². The minimum atomic E-state index is 0.771. The fourth-order valence-corrected chi connectivity index (χ4v) is 2.54. The van der Waals surface area contributed by atoms with Crippen LogP contribution in [0.3, 0.4) is 0 Å². The van der Waals surface area contributed by atoms with Gasteiger partial charge in [-0.2, -0.15) is 0 Å². The zero-order valence-electron chi connectivity index (χ0n) is 12.0. The van der Waals surface area contributed by atoms with Gasteiger partial charge < -0.3 is 5.32 Å². The summed E-state index contributed by atoms with van der Waals surface area (Å²) in [5.41, 5.74) is 0. The van der Waals surface area contributed by atoms with Gasteiger partial charge in [0.2, 0.25) is 0 Å². The van der Waals surface area contributed by atoms with Crippen LogP contribution in [0, 0.1) is 5.92 Å². The summed E-state index contributed by atoms with van der Waals surface area (Å²) in [5.74, 6) is 0.900. The summed E-state index contributed by atoms with van der Waals surface area (Å²) < 4.78 is 0. The highest BCUT2D eigenvalue weighted by molar-refractivity contribution is 4.75. The molecule has 1 nitrogen and oxygen atoms in total. The van der Waals surface area contributed by atoms with E-state index >= 15 is 0 Å². The van der Waals surface area contributed by atoms with Crippen molar-refractivity contribution in [1.29, 1.82) is 0 Å². The van der Waals surface area contributed by atoms with Crippen LogP contribution in [-0.2, 0) is 0 Å². The van der Waals surface area contributed by atoms with Gasteiger partial charge in [-0.05, 0) is 25.3 Å². The van der Waals surface area contributed by atoms with E-state index in [-0.39, 0.29) is 0 Å². The van der Waals surface area contributed by atoms with E-state index in [9.17, 15) is 0 Å². The third kappa shape index (κ3) is 7.27. The molecule has 0 bridgehead atoms. The van der Waals surface area contributed by atoms with E-state index in [1.54, 1.807) is 0 Å². The van der Waals surface area contributed by atoms with Crippen molar-refractivity contribution in [1.82, 2.24) is 5.32 Å². The van der Waals surface area contributed by atoms with Crippen LogP contribution in [-0.4, -0.2) is 12.6 Å². The van der Waals surface area contributed by atoms with Crippen molar-refractivity contribution in [3.05, 3.63) is 0 Å². The number of unbranched alkanes of at least 4 members (excludes halogenated alkanes) is 3. The van der Waals surface area contributed by atoms with Crippen LogP contribution < -0.4 is 5.32 Å². The number of rotatable bonds is 11. The molecule has 0 heterocycles. The van der Waals surface area contributed by atoms with Crippen molar-refractivity contribution in [2.45, 2.75) is 85.1 Å². The highest BCUT2D eigenvalue weighted by Gasteiger charge is 2.17. The zero-order chi connectivity index (χ0) is 12.2. The molecule has 0 amide bonds. The van der Waals surface area contributed by atoms with Gasteiger partial charge in [0.1, 0.15) is 0 Å². The lowest BCUT2D eigenvalue weighted by molar-refractivity contribution is 0.300. The van der Waals surface area contributed by atoms with Crippen molar-refractivity contribution in [3.8, 4) is 0 Å². The fourth-order valence-electron chi connectivity index (χ4n) is 2.54. The molecule has 2 atom stereocenters. The average molecular weight is 227 g/mol. The normalized spacial score (nSPS) is 15.0. The SMILES string of the molecule is CCCCCC(NCC)C(CC)CCCC. The molecule has 0 aliphatic rings. The quantitative estimate of drug-likeness (QED) is 0.502. The topological polar surface area (TPSA) is 12.0 Å². The molecule has 0 aliphatic carbocycles. The van der Waals surface area contributed by atoms with Crippen molar-refractivity contribution < 1.29 is 0 Å². The summed E-state index contributed by atoms with van der Waals surface area (Å²) in [7, 11) is 0. The van der Waals surface area contributed by atoms with E-state index in [1.807, 2.05) is 0 Å². The van der Waals surface area contributed by atoms with Crippen LogP contribution in [0.4, 0.5) is 0 Å². The van der Waals surface area contributed by atoms with Gasteiger partial charge in [0, 0.05) is 6.04 Å². The Morgan fingerprint density at radius 1 is 0.812 bits per heavy atom. The molecule has 2 unspecified atom stereocenters. The molecule has 0 radical (unpaired) electrons. The van der Waals surface area contributed by atoms with Crippen LogP contribution >= 0.6 is 0 Å². The van der Waals surface area contributed by atoms with Gasteiger partial charge in [0.15, 0.2) is 0 Å². The molecular formula is C15H33N. The Kier molecular flexibility index (Phi) is 11.4. The first-order chi connectivity index (χ1) is 7.79. The summed E-state index contributed by atoms with van der Waals surface area (Å²) in [6.07, 6.45) is 11.0. The van der Waals surface area contributed by atoms with Gasteiger partial charge in [-0.3, -0.25) is 0 Å².